The number of aryl methyl sites for hydroxylation is 1. The number of H-pyrrole nitrogens is 1. The summed E-state index contributed by atoms with van der Waals surface area (Å²) in [6, 6.07) is 0.122. The number of aromatic nitrogens is 3. The van der Waals surface area contributed by atoms with Crippen molar-refractivity contribution in [2.75, 3.05) is 0 Å². The number of nitrogens with two attached hydrogens (primary N) is 1. The van der Waals surface area contributed by atoms with Crippen molar-refractivity contribution in [1.82, 2.24) is 14.8 Å². The van der Waals surface area contributed by atoms with Gasteiger partial charge in [0.15, 0.2) is 5.16 Å². The predicted molar refractivity (Wildman–Crippen MR) is 80.0 cm³/mol. The summed E-state index contributed by atoms with van der Waals surface area (Å²) in [6.45, 7) is 2.20. The van der Waals surface area contributed by atoms with E-state index in [0.29, 0.717) is 11.1 Å². The van der Waals surface area contributed by atoms with E-state index in [-0.39, 0.29) is 11.3 Å². The molecular weight excluding hydrogens is 276 g/mol. The van der Waals surface area contributed by atoms with Gasteiger partial charge < -0.3 is 5.73 Å². The van der Waals surface area contributed by atoms with Crippen molar-refractivity contribution < 1.29 is 0 Å². The average Bonchev–Trinajstić information content (AvgIpc) is 2.40. The van der Waals surface area contributed by atoms with Crippen molar-refractivity contribution >= 4 is 11.8 Å². The van der Waals surface area contributed by atoms with Crippen LogP contribution in [-0.4, -0.2) is 26.1 Å². The Kier molecular flexibility index (Phi) is 5.04. The molecule has 3 unspecified atom stereocenters. The van der Waals surface area contributed by atoms with E-state index in [0.717, 1.165) is 12.8 Å². The lowest BCUT2D eigenvalue weighted by Gasteiger charge is -2.33. The summed E-state index contributed by atoms with van der Waals surface area (Å²) in [5, 5.41) is 3.26. The van der Waals surface area contributed by atoms with Gasteiger partial charge in [-0.2, -0.15) is 4.98 Å². The molecule has 1 aliphatic rings. The molecule has 0 bridgehead atoms. The maximum absolute atomic E-state index is 11.4. The summed E-state index contributed by atoms with van der Waals surface area (Å²) < 4.78 is 1.50. The van der Waals surface area contributed by atoms with Crippen LogP contribution in [0.2, 0.25) is 0 Å². The molecule has 1 saturated carbocycles. The number of nitrogens with zero attached hydrogens (tertiary/aromatic N) is 2. The van der Waals surface area contributed by atoms with Gasteiger partial charge in [-0.3, -0.25) is 19.4 Å². The molecule has 1 heterocycles. The minimum Gasteiger partial charge on any atom is -0.327 e. The lowest BCUT2D eigenvalue weighted by atomic mass is 9.83. The summed E-state index contributed by atoms with van der Waals surface area (Å²) in [7, 11) is 1.69. The van der Waals surface area contributed by atoms with Crippen LogP contribution < -0.4 is 16.9 Å². The molecule has 1 fully saturated rings. The molecule has 0 aliphatic heterocycles. The van der Waals surface area contributed by atoms with Gasteiger partial charge >= 0.3 is 11.1 Å². The van der Waals surface area contributed by atoms with Gasteiger partial charge in [0.2, 0.25) is 0 Å². The fraction of sp³-hybridized carbons (Fsp3) is 0.769. The number of thioether (sulfide) groups is 1. The Balaban J connectivity index is 2.13. The molecule has 1 aromatic heterocycles. The Morgan fingerprint density at radius 1 is 1.45 bits per heavy atom. The Morgan fingerprint density at radius 2 is 2.20 bits per heavy atom. The summed E-state index contributed by atoms with van der Waals surface area (Å²) in [5.41, 5.74) is 4.77. The van der Waals surface area contributed by atoms with Crippen molar-refractivity contribution in [1.29, 1.82) is 0 Å². The molecular formula is C13H22N4O2S. The van der Waals surface area contributed by atoms with Gasteiger partial charge in [-0.05, 0) is 25.2 Å². The lowest BCUT2D eigenvalue weighted by Crippen LogP contribution is -2.39. The van der Waals surface area contributed by atoms with Crippen molar-refractivity contribution in [2.45, 2.75) is 55.5 Å². The zero-order valence-electron chi connectivity index (χ0n) is 12.0. The standard InChI is InChI=1S/C13H22N4O2S/c1-3-4-8-5-6-9(14)10(7-8)20-13-15-11(18)12(19)16-17(13)2/h8-10H,3-7,14H2,1-2H3,(H,16,19). The highest BCUT2D eigenvalue weighted by atomic mass is 32.2. The molecule has 1 aromatic rings. The third-order valence-corrected chi connectivity index (χ3v) is 5.27. The number of nitrogens with one attached hydrogen (secondary N) is 1. The fourth-order valence-corrected chi connectivity index (χ4v) is 4.03. The topological polar surface area (TPSA) is 93.8 Å². The molecule has 0 radical (unpaired) electrons. The van der Waals surface area contributed by atoms with Crippen LogP contribution in [0.1, 0.15) is 39.0 Å². The van der Waals surface area contributed by atoms with E-state index in [1.165, 1.54) is 35.7 Å². The molecule has 0 amide bonds. The van der Waals surface area contributed by atoms with E-state index < -0.39 is 11.1 Å². The zero-order valence-corrected chi connectivity index (χ0v) is 12.8. The van der Waals surface area contributed by atoms with Gasteiger partial charge in [-0.25, -0.2) is 0 Å². The van der Waals surface area contributed by atoms with Crippen molar-refractivity contribution in [2.24, 2.45) is 18.7 Å². The van der Waals surface area contributed by atoms with Crippen LogP contribution in [0.15, 0.2) is 14.7 Å². The second-order valence-corrected chi connectivity index (χ2v) is 6.69. The minimum atomic E-state index is -0.736. The maximum atomic E-state index is 11.4. The molecule has 6 nitrogen and oxygen atoms in total. The molecule has 7 heteroatoms. The summed E-state index contributed by atoms with van der Waals surface area (Å²) >= 11 is 1.51. The van der Waals surface area contributed by atoms with Gasteiger partial charge in [0, 0.05) is 18.3 Å². The highest BCUT2D eigenvalue weighted by Crippen LogP contribution is 2.36. The van der Waals surface area contributed by atoms with Gasteiger partial charge in [-0.1, -0.05) is 31.5 Å². The first-order valence-corrected chi connectivity index (χ1v) is 7.98. The van der Waals surface area contributed by atoms with Crippen LogP contribution in [0.4, 0.5) is 0 Å². The number of rotatable bonds is 4. The van der Waals surface area contributed by atoms with Gasteiger partial charge in [0.25, 0.3) is 0 Å². The first-order chi connectivity index (χ1) is 9.51. The fourth-order valence-electron chi connectivity index (χ4n) is 2.74. The minimum absolute atomic E-state index is 0.122. The van der Waals surface area contributed by atoms with Crippen molar-refractivity contribution in [3.8, 4) is 0 Å². The molecule has 112 valence electrons. The largest absolute Gasteiger partial charge is 0.339 e. The van der Waals surface area contributed by atoms with E-state index in [9.17, 15) is 9.59 Å². The second-order valence-electron chi connectivity index (χ2n) is 5.49. The van der Waals surface area contributed by atoms with Crippen LogP contribution >= 0.6 is 11.8 Å². The van der Waals surface area contributed by atoms with E-state index in [1.807, 2.05) is 0 Å². The molecule has 0 spiro atoms. The Morgan fingerprint density at radius 3 is 2.90 bits per heavy atom. The molecule has 0 saturated heterocycles. The van der Waals surface area contributed by atoms with Gasteiger partial charge in [0.05, 0.1) is 0 Å². The van der Waals surface area contributed by atoms with E-state index in [1.54, 1.807) is 7.05 Å². The van der Waals surface area contributed by atoms with Crippen LogP contribution in [0.25, 0.3) is 0 Å². The monoisotopic (exact) mass is 298 g/mol. The van der Waals surface area contributed by atoms with E-state index >= 15 is 0 Å². The first-order valence-electron chi connectivity index (χ1n) is 7.10. The van der Waals surface area contributed by atoms with E-state index in [4.69, 9.17) is 5.73 Å². The van der Waals surface area contributed by atoms with Crippen LogP contribution in [0, 0.1) is 5.92 Å². The highest BCUT2D eigenvalue weighted by molar-refractivity contribution is 7.99. The highest BCUT2D eigenvalue weighted by Gasteiger charge is 2.29. The third kappa shape index (κ3) is 3.52. The summed E-state index contributed by atoms with van der Waals surface area (Å²) in [4.78, 5) is 26.4. The predicted octanol–water partition coefficient (Wildman–Crippen LogP) is 0.857. The van der Waals surface area contributed by atoms with Crippen LogP contribution in [-0.2, 0) is 7.05 Å². The van der Waals surface area contributed by atoms with Gasteiger partial charge in [0.1, 0.15) is 0 Å². The second kappa shape index (κ2) is 6.58. The van der Waals surface area contributed by atoms with E-state index in [2.05, 4.69) is 17.0 Å². The summed E-state index contributed by atoms with van der Waals surface area (Å²) in [5.74, 6) is 0.706. The Labute approximate surface area is 122 Å². The molecule has 2 rings (SSSR count). The van der Waals surface area contributed by atoms with Crippen molar-refractivity contribution in [3.63, 3.8) is 0 Å². The number of hydrogen-bond donors (Lipinski definition) is 2. The molecule has 0 aromatic carbocycles. The first kappa shape index (κ1) is 15.3. The van der Waals surface area contributed by atoms with Crippen LogP contribution in [0.3, 0.4) is 0 Å². The number of hydrogen-bond acceptors (Lipinski definition) is 5. The Bertz CT molecular complexity index is 568. The van der Waals surface area contributed by atoms with Crippen molar-refractivity contribution in [3.05, 3.63) is 20.7 Å². The molecule has 3 atom stereocenters. The molecule has 1 aliphatic carbocycles. The molecule has 3 N–H and O–H groups in total. The Hall–Kier alpha value is -1.08. The maximum Gasteiger partial charge on any atom is 0.339 e. The zero-order chi connectivity index (χ0) is 14.7. The average molecular weight is 298 g/mol. The van der Waals surface area contributed by atoms with Crippen LogP contribution in [0.5, 0.6) is 0 Å². The smallest absolute Gasteiger partial charge is 0.327 e. The third-order valence-electron chi connectivity index (χ3n) is 3.85. The quantitative estimate of drug-likeness (QED) is 0.804. The number of aromatic amines is 1. The normalized spacial score (nSPS) is 26.6. The summed E-state index contributed by atoms with van der Waals surface area (Å²) in [6.07, 6.45) is 5.66. The van der Waals surface area contributed by atoms with Gasteiger partial charge in [-0.15, -0.1) is 0 Å². The lowest BCUT2D eigenvalue weighted by molar-refractivity contribution is 0.316. The SMILES string of the molecule is CCCC1CCC(N)C(Sc2nc(=O)c(=O)[nH]n2C)C1. The molecule has 20 heavy (non-hydrogen) atoms.